The molecule has 56 heavy (non-hydrogen) atoms. The summed E-state index contributed by atoms with van der Waals surface area (Å²) in [5, 5.41) is 62.6. The lowest BCUT2D eigenvalue weighted by Gasteiger charge is -2.54. The van der Waals surface area contributed by atoms with Crippen LogP contribution in [0.15, 0.2) is 0 Å². The largest absolute Gasteiger partial charge is 0.459 e. The summed E-state index contributed by atoms with van der Waals surface area (Å²) in [7, 11) is 7.22. The van der Waals surface area contributed by atoms with Crippen LogP contribution < -0.4 is 5.32 Å². The number of methoxy groups -OCH3 is 1. The molecule has 0 saturated carbocycles. The molecule has 6 N–H and O–H groups in total. The molecule has 15 nitrogen and oxygen atoms in total. The number of aliphatic hydroxyl groups excluding tert-OH is 2. The van der Waals surface area contributed by atoms with Gasteiger partial charge in [-0.1, -0.05) is 27.7 Å². The lowest BCUT2D eigenvalue weighted by molar-refractivity contribution is -0.339. The fraction of sp³-hybridized carbons (Fsp3) is 0.976. The number of hydrogen-bond donors (Lipinski definition) is 6. The molecule has 18 atom stereocenters. The molecule has 0 aliphatic carbocycles. The van der Waals surface area contributed by atoms with E-state index in [-0.39, 0.29) is 43.9 Å². The van der Waals surface area contributed by atoms with Gasteiger partial charge in [-0.15, -0.1) is 0 Å². The molecule has 0 aromatic carbocycles. The molecule has 3 fully saturated rings. The predicted molar refractivity (Wildman–Crippen MR) is 212 cm³/mol. The molecule has 3 saturated heterocycles. The number of nitrogens with zero attached hydrogens (tertiary/aromatic N) is 2. The van der Waals surface area contributed by atoms with E-state index in [4.69, 9.17) is 28.4 Å². The van der Waals surface area contributed by atoms with Crippen molar-refractivity contribution in [3.63, 3.8) is 0 Å². The first-order valence-corrected chi connectivity index (χ1v) is 20.8. The molecule has 15 heteroatoms. The standard InChI is InChI=1S/C41H79N3O12/c1-16-30-40(11,49)34(46)27(7)42-21-23(3)19-38(9,48)35(56-37-32(45)29(43(12)13)18-24(4)52-37)25(5)33(26(6)36(47)54-30)55-31-20-39(10,51-15)41(50,28(8)53-31)22-44(14)17-2/h23-35,37,42,45-46,48-50H,16-22H2,1-15H3/t23-,24-,25+,26-,27-,28+,29+,30-,31+,32-,33+,34-,35-,37+,38+,39-,40-,41-/m1/s1. The first-order valence-electron chi connectivity index (χ1n) is 20.8. The summed E-state index contributed by atoms with van der Waals surface area (Å²) in [6.07, 6.45) is -7.57. The van der Waals surface area contributed by atoms with E-state index in [2.05, 4.69) is 5.32 Å². The summed E-state index contributed by atoms with van der Waals surface area (Å²) < 4.78 is 38.4. The van der Waals surface area contributed by atoms with Crippen molar-refractivity contribution in [1.29, 1.82) is 0 Å². The number of likely N-dealkylation sites (N-methyl/N-ethyl adjacent to an activating group) is 2. The number of hydrogen-bond acceptors (Lipinski definition) is 15. The first kappa shape index (κ1) is 49.3. The van der Waals surface area contributed by atoms with Crippen LogP contribution in [0.3, 0.4) is 0 Å². The van der Waals surface area contributed by atoms with Crippen LogP contribution in [0.25, 0.3) is 0 Å². The smallest absolute Gasteiger partial charge is 0.311 e. The van der Waals surface area contributed by atoms with Crippen LogP contribution in [0.1, 0.15) is 102 Å². The maximum absolute atomic E-state index is 14.3. The predicted octanol–water partition coefficient (Wildman–Crippen LogP) is 1.88. The lowest BCUT2D eigenvalue weighted by Crippen LogP contribution is -2.70. The number of nitrogens with one attached hydrogen (secondary N) is 1. The molecule has 3 aliphatic rings. The van der Waals surface area contributed by atoms with Crippen molar-refractivity contribution in [3.8, 4) is 0 Å². The quantitative estimate of drug-likeness (QED) is 0.175. The highest BCUT2D eigenvalue weighted by molar-refractivity contribution is 5.73. The number of cyclic esters (lactones) is 1. The van der Waals surface area contributed by atoms with Crippen molar-refractivity contribution in [2.45, 2.75) is 192 Å². The van der Waals surface area contributed by atoms with Gasteiger partial charge in [-0.25, -0.2) is 0 Å². The Morgan fingerprint density at radius 2 is 1.55 bits per heavy atom. The zero-order valence-electron chi connectivity index (χ0n) is 37.0. The molecule has 0 spiro atoms. The summed E-state index contributed by atoms with van der Waals surface area (Å²) in [5.74, 6) is -2.66. The fourth-order valence-corrected chi connectivity index (χ4v) is 9.24. The number of rotatable bonds is 10. The molecule has 3 aliphatic heterocycles. The van der Waals surface area contributed by atoms with Gasteiger partial charge < -0.3 is 69.1 Å². The number of carbonyl (C=O) groups is 1. The van der Waals surface area contributed by atoms with E-state index in [0.717, 1.165) is 0 Å². The van der Waals surface area contributed by atoms with Crippen molar-refractivity contribution < 1.29 is 58.7 Å². The molecule has 3 heterocycles. The van der Waals surface area contributed by atoms with E-state index in [1.165, 1.54) is 6.92 Å². The number of aliphatic hydroxyl groups is 5. The van der Waals surface area contributed by atoms with Gasteiger partial charge in [-0.05, 0) is 108 Å². The Hall–Kier alpha value is -1.05. The van der Waals surface area contributed by atoms with E-state index >= 15 is 0 Å². The Bertz CT molecular complexity index is 1240. The number of ether oxygens (including phenoxy) is 6. The molecule has 0 aromatic heterocycles. The summed E-state index contributed by atoms with van der Waals surface area (Å²) in [6.45, 7) is 20.9. The highest BCUT2D eigenvalue weighted by atomic mass is 16.7. The average Bonchev–Trinajstić information content (AvgIpc) is 3.12. The van der Waals surface area contributed by atoms with Gasteiger partial charge in [-0.3, -0.25) is 4.79 Å². The van der Waals surface area contributed by atoms with Gasteiger partial charge in [0.25, 0.3) is 0 Å². The van der Waals surface area contributed by atoms with Crippen LogP contribution >= 0.6 is 0 Å². The third-order valence-electron chi connectivity index (χ3n) is 13.2. The lowest BCUT2D eigenvalue weighted by atomic mass is 9.75. The van der Waals surface area contributed by atoms with Gasteiger partial charge in [0.2, 0.25) is 0 Å². The summed E-state index contributed by atoms with van der Waals surface area (Å²) in [5.41, 5.74) is -5.94. The molecule has 0 radical (unpaired) electrons. The van der Waals surface area contributed by atoms with E-state index in [1.54, 1.807) is 41.7 Å². The molecule has 0 amide bonds. The molecular weight excluding hydrogens is 726 g/mol. The highest BCUT2D eigenvalue weighted by Crippen LogP contribution is 2.43. The number of esters is 1. The molecular formula is C41H79N3O12. The van der Waals surface area contributed by atoms with E-state index in [1.807, 2.05) is 65.6 Å². The molecule has 330 valence electrons. The Kier molecular flexibility index (Phi) is 17.2. The van der Waals surface area contributed by atoms with Crippen molar-refractivity contribution in [3.05, 3.63) is 0 Å². The molecule has 0 bridgehead atoms. The van der Waals surface area contributed by atoms with Crippen LogP contribution in [-0.2, 0) is 33.2 Å². The van der Waals surface area contributed by atoms with E-state index in [0.29, 0.717) is 19.5 Å². The molecule has 3 rings (SSSR count). The van der Waals surface area contributed by atoms with E-state index < -0.39 is 95.5 Å². The van der Waals surface area contributed by atoms with Gasteiger partial charge in [0.05, 0.1) is 35.9 Å². The van der Waals surface area contributed by atoms with Crippen LogP contribution in [0.5, 0.6) is 0 Å². The van der Waals surface area contributed by atoms with Crippen LogP contribution in [0.4, 0.5) is 0 Å². The van der Waals surface area contributed by atoms with E-state index in [9.17, 15) is 30.3 Å². The Morgan fingerprint density at radius 3 is 2.11 bits per heavy atom. The van der Waals surface area contributed by atoms with Gasteiger partial charge in [0.1, 0.15) is 35.1 Å². The first-order chi connectivity index (χ1) is 25.8. The summed E-state index contributed by atoms with van der Waals surface area (Å²) in [6, 6.07) is -0.877. The molecule has 0 unspecified atom stereocenters. The number of carbonyl (C=O) groups excluding carboxylic acids is 1. The van der Waals surface area contributed by atoms with Gasteiger partial charge in [-0.2, -0.15) is 0 Å². The second-order valence-corrected chi connectivity index (χ2v) is 18.3. The third-order valence-corrected chi connectivity index (χ3v) is 13.2. The van der Waals surface area contributed by atoms with Crippen molar-refractivity contribution in [2.75, 3.05) is 47.9 Å². The molecule has 0 aromatic rings. The maximum atomic E-state index is 14.3. The monoisotopic (exact) mass is 806 g/mol. The Labute approximate surface area is 336 Å². The van der Waals surface area contributed by atoms with Crippen LogP contribution in [0.2, 0.25) is 0 Å². The average molecular weight is 806 g/mol. The fourth-order valence-electron chi connectivity index (χ4n) is 9.24. The highest BCUT2D eigenvalue weighted by Gasteiger charge is 2.59. The zero-order valence-corrected chi connectivity index (χ0v) is 37.0. The second kappa shape index (κ2) is 19.6. The van der Waals surface area contributed by atoms with Gasteiger partial charge in [0.15, 0.2) is 12.6 Å². The van der Waals surface area contributed by atoms with Gasteiger partial charge in [0, 0.05) is 38.1 Å². The normalized spacial score (nSPS) is 48.0. The van der Waals surface area contributed by atoms with Gasteiger partial charge >= 0.3 is 5.97 Å². The second-order valence-electron chi connectivity index (χ2n) is 18.3. The summed E-state index contributed by atoms with van der Waals surface area (Å²) in [4.78, 5) is 18.2. The Morgan fingerprint density at radius 1 is 0.929 bits per heavy atom. The van der Waals surface area contributed by atoms with Crippen molar-refractivity contribution in [2.24, 2.45) is 17.8 Å². The third kappa shape index (κ3) is 10.8. The van der Waals surface area contributed by atoms with Crippen molar-refractivity contribution in [1.82, 2.24) is 15.1 Å². The maximum Gasteiger partial charge on any atom is 0.311 e. The SMILES string of the molecule is CC[C@H]1OC(=O)[C@H](C)[C@@H](O[C@H]2C[C@@](C)(OC)[C@@](O)(CN(C)CC)[C@H](C)O2)[C@H](C)[C@@H](O[C@@H]2O[C@H](C)C[C@H](N(C)C)[C@H]2O)[C@@](C)(O)C[C@@H](C)CN[C@H](C)[C@@H](O)[C@]1(C)O. The topological polar surface area (TPSA) is 192 Å². The summed E-state index contributed by atoms with van der Waals surface area (Å²) >= 11 is 0. The minimum absolute atomic E-state index is 0.0976. The minimum Gasteiger partial charge on any atom is -0.459 e. The Balaban J connectivity index is 2.18. The zero-order chi connectivity index (χ0) is 42.7. The van der Waals surface area contributed by atoms with Crippen LogP contribution in [0, 0.1) is 17.8 Å². The van der Waals surface area contributed by atoms with Crippen LogP contribution in [-0.4, -0.2) is 179 Å². The minimum atomic E-state index is -1.81. The van der Waals surface area contributed by atoms with Crippen molar-refractivity contribution >= 4 is 5.97 Å².